The first-order valence-electron chi connectivity index (χ1n) is 6.96. The zero-order valence-electron chi connectivity index (χ0n) is 12.3. The molecule has 0 spiro atoms. The second-order valence-electron chi connectivity index (χ2n) is 4.55. The number of rotatable bonds is 4. The molecule has 2 aromatic carbocycles. The van der Waals surface area contributed by atoms with Crippen molar-refractivity contribution in [1.29, 1.82) is 0 Å². The fourth-order valence-corrected chi connectivity index (χ4v) is 1.76. The maximum atomic E-state index is 11.4. The average Bonchev–Trinajstić information content (AvgIpc) is 2.56. The number of carbonyl (C=O) groups is 1. The molecular formula is C17H19Cl2NO2. The molecule has 1 atom stereocenters. The van der Waals surface area contributed by atoms with Gasteiger partial charge >= 0.3 is 0 Å². The van der Waals surface area contributed by atoms with Gasteiger partial charge in [-0.2, -0.15) is 0 Å². The number of nitrogens with one attached hydrogen (secondary N) is 1. The standard InChI is InChI=1S/C11H15NO2.C6H4Cl2/c1-2-10(13)8-12-11(14)9-6-4-3-5-7-9;7-5-3-1-2-4-6(5)8/h3-7,10,13H,2,8H2,1H3,(H,12,14);1-4H. The van der Waals surface area contributed by atoms with E-state index >= 15 is 0 Å². The smallest absolute Gasteiger partial charge is 0.251 e. The molecule has 5 heteroatoms. The van der Waals surface area contributed by atoms with Gasteiger partial charge in [0.25, 0.3) is 5.91 Å². The molecule has 0 aliphatic rings. The van der Waals surface area contributed by atoms with E-state index in [-0.39, 0.29) is 5.91 Å². The Labute approximate surface area is 140 Å². The van der Waals surface area contributed by atoms with Crippen molar-refractivity contribution in [2.24, 2.45) is 0 Å². The minimum atomic E-state index is -0.456. The minimum Gasteiger partial charge on any atom is -0.391 e. The van der Waals surface area contributed by atoms with E-state index in [1.165, 1.54) is 0 Å². The van der Waals surface area contributed by atoms with E-state index in [1.54, 1.807) is 24.3 Å². The van der Waals surface area contributed by atoms with Crippen molar-refractivity contribution in [2.45, 2.75) is 19.4 Å². The van der Waals surface area contributed by atoms with Gasteiger partial charge in [-0.25, -0.2) is 0 Å². The van der Waals surface area contributed by atoms with Crippen LogP contribution in [0.15, 0.2) is 54.6 Å². The summed E-state index contributed by atoms with van der Waals surface area (Å²) in [5, 5.41) is 13.1. The summed E-state index contributed by atoms with van der Waals surface area (Å²) in [6.45, 7) is 2.18. The van der Waals surface area contributed by atoms with E-state index in [0.717, 1.165) is 0 Å². The monoisotopic (exact) mass is 339 g/mol. The Morgan fingerprint density at radius 1 is 1.05 bits per heavy atom. The summed E-state index contributed by atoms with van der Waals surface area (Å²) in [7, 11) is 0. The quantitative estimate of drug-likeness (QED) is 0.877. The molecule has 0 saturated carbocycles. The summed E-state index contributed by atoms with van der Waals surface area (Å²) in [5.74, 6) is -0.141. The Morgan fingerprint density at radius 3 is 2.00 bits per heavy atom. The summed E-state index contributed by atoms with van der Waals surface area (Å²) >= 11 is 11.2. The Kier molecular flexibility index (Phi) is 8.60. The Bertz CT molecular complexity index is 555. The van der Waals surface area contributed by atoms with Crippen LogP contribution in [-0.4, -0.2) is 23.7 Å². The molecule has 0 aliphatic heterocycles. The van der Waals surface area contributed by atoms with Crippen LogP contribution in [0, 0.1) is 0 Å². The molecule has 0 bridgehead atoms. The predicted molar refractivity (Wildman–Crippen MR) is 91.5 cm³/mol. The van der Waals surface area contributed by atoms with E-state index in [4.69, 9.17) is 23.2 Å². The topological polar surface area (TPSA) is 49.3 Å². The first-order valence-corrected chi connectivity index (χ1v) is 7.71. The number of halogens is 2. The third kappa shape index (κ3) is 6.94. The highest BCUT2D eigenvalue weighted by Crippen LogP contribution is 2.19. The summed E-state index contributed by atoms with van der Waals surface area (Å²) in [6, 6.07) is 16.2. The van der Waals surface area contributed by atoms with Gasteiger partial charge in [-0.1, -0.05) is 60.5 Å². The van der Waals surface area contributed by atoms with Gasteiger partial charge in [-0.05, 0) is 30.7 Å². The van der Waals surface area contributed by atoms with Crippen LogP contribution in [0.5, 0.6) is 0 Å². The molecular weight excluding hydrogens is 321 g/mol. The molecule has 2 aromatic rings. The first kappa shape index (κ1) is 18.5. The summed E-state index contributed by atoms with van der Waals surface area (Å²) in [5.41, 5.74) is 0.621. The molecule has 1 unspecified atom stereocenters. The van der Waals surface area contributed by atoms with Crippen LogP contribution >= 0.6 is 23.2 Å². The van der Waals surface area contributed by atoms with E-state index in [0.29, 0.717) is 28.6 Å². The van der Waals surface area contributed by atoms with Crippen molar-refractivity contribution in [3.8, 4) is 0 Å². The van der Waals surface area contributed by atoms with Crippen LogP contribution < -0.4 is 5.32 Å². The number of hydrogen-bond donors (Lipinski definition) is 2. The highest BCUT2D eigenvalue weighted by Gasteiger charge is 2.06. The van der Waals surface area contributed by atoms with E-state index < -0.39 is 6.10 Å². The van der Waals surface area contributed by atoms with Crippen LogP contribution in [0.1, 0.15) is 23.7 Å². The van der Waals surface area contributed by atoms with Crippen LogP contribution in [0.2, 0.25) is 10.0 Å². The van der Waals surface area contributed by atoms with Gasteiger partial charge in [0.05, 0.1) is 16.1 Å². The molecule has 0 fully saturated rings. The van der Waals surface area contributed by atoms with E-state index in [9.17, 15) is 9.90 Å². The first-order chi connectivity index (χ1) is 10.5. The van der Waals surface area contributed by atoms with Gasteiger partial charge in [0.15, 0.2) is 0 Å². The Balaban J connectivity index is 0.000000255. The lowest BCUT2D eigenvalue weighted by Crippen LogP contribution is -2.31. The number of hydrogen-bond acceptors (Lipinski definition) is 2. The molecule has 0 aromatic heterocycles. The second kappa shape index (κ2) is 10.2. The van der Waals surface area contributed by atoms with Gasteiger partial charge in [0, 0.05) is 12.1 Å². The van der Waals surface area contributed by atoms with Crippen molar-refractivity contribution in [1.82, 2.24) is 5.32 Å². The van der Waals surface area contributed by atoms with Gasteiger partial charge in [-0.15, -0.1) is 0 Å². The molecule has 3 nitrogen and oxygen atoms in total. The number of benzene rings is 2. The number of amides is 1. The Hall–Kier alpha value is -1.55. The van der Waals surface area contributed by atoms with Crippen molar-refractivity contribution in [3.63, 3.8) is 0 Å². The van der Waals surface area contributed by atoms with Gasteiger partial charge in [0.1, 0.15) is 0 Å². The van der Waals surface area contributed by atoms with E-state index in [2.05, 4.69) is 5.32 Å². The van der Waals surface area contributed by atoms with Crippen LogP contribution in [-0.2, 0) is 0 Å². The molecule has 0 heterocycles. The summed E-state index contributed by atoms with van der Waals surface area (Å²) < 4.78 is 0. The zero-order valence-corrected chi connectivity index (χ0v) is 13.8. The maximum Gasteiger partial charge on any atom is 0.251 e. The lowest BCUT2D eigenvalue weighted by molar-refractivity contribution is 0.0914. The number of aliphatic hydroxyl groups is 1. The fraction of sp³-hybridized carbons (Fsp3) is 0.235. The summed E-state index contributed by atoms with van der Waals surface area (Å²) in [4.78, 5) is 11.4. The third-order valence-electron chi connectivity index (χ3n) is 2.83. The average molecular weight is 340 g/mol. The van der Waals surface area contributed by atoms with Crippen molar-refractivity contribution in [2.75, 3.05) is 6.54 Å². The molecule has 118 valence electrons. The lowest BCUT2D eigenvalue weighted by Gasteiger charge is -2.09. The van der Waals surface area contributed by atoms with Crippen molar-refractivity contribution < 1.29 is 9.90 Å². The molecule has 1 amide bonds. The van der Waals surface area contributed by atoms with Crippen LogP contribution in [0.3, 0.4) is 0 Å². The third-order valence-corrected chi connectivity index (χ3v) is 3.59. The second-order valence-corrected chi connectivity index (χ2v) is 5.37. The normalized spacial score (nSPS) is 11.1. The Morgan fingerprint density at radius 2 is 1.55 bits per heavy atom. The molecule has 22 heavy (non-hydrogen) atoms. The van der Waals surface area contributed by atoms with E-state index in [1.807, 2.05) is 37.3 Å². The summed E-state index contributed by atoms with van der Waals surface area (Å²) in [6.07, 6.45) is 0.192. The number of aliphatic hydroxyl groups excluding tert-OH is 1. The highest BCUT2D eigenvalue weighted by molar-refractivity contribution is 6.41. The predicted octanol–water partition coefficient (Wildman–Crippen LogP) is 4.18. The fourth-order valence-electron chi connectivity index (χ4n) is 1.49. The molecule has 0 aliphatic carbocycles. The number of carbonyl (C=O) groups excluding carboxylic acids is 1. The molecule has 0 radical (unpaired) electrons. The SMILES string of the molecule is CCC(O)CNC(=O)c1ccccc1.Clc1ccccc1Cl. The highest BCUT2D eigenvalue weighted by atomic mass is 35.5. The lowest BCUT2D eigenvalue weighted by atomic mass is 10.2. The van der Waals surface area contributed by atoms with Gasteiger partial charge < -0.3 is 10.4 Å². The largest absolute Gasteiger partial charge is 0.391 e. The zero-order chi connectivity index (χ0) is 16.4. The molecule has 2 N–H and O–H groups in total. The van der Waals surface area contributed by atoms with Crippen molar-refractivity contribution in [3.05, 3.63) is 70.2 Å². The molecule has 2 rings (SSSR count). The van der Waals surface area contributed by atoms with Crippen molar-refractivity contribution >= 4 is 29.1 Å². The minimum absolute atomic E-state index is 0.141. The van der Waals surface area contributed by atoms with Crippen LogP contribution in [0.4, 0.5) is 0 Å². The van der Waals surface area contributed by atoms with Crippen LogP contribution in [0.25, 0.3) is 0 Å². The van der Waals surface area contributed by atoms with Gasteiger partial charge in [-0.3, -0.25) is 4.79 Å². The molecule has 0 saturated heterocycles. The van der Waals surface area contributed by atoms with Gasteiger partial charge in [0.2, 0.25) is 0 Å². The maximum absolute atomic E-state index is 11.4.